The Morgan fingerprint density at radius 3 is 2.33 bits per heavy atom. The topological polar surface area (TPSA) is 90.0 Å². The molecule has 1 saturated heterocycles. The number of carbonyl (C=O) groups is 2. The standard InChI is InChI=1S/C18H28N4O4S/c1-14(2)21-8-10-22(11-9-21)17(23)13-19-18(24)15-6-5-7-16(12-15)27(25,26)20(3)4/h5-7,12,14H,8-11,13H2,1-4H3,(H,19,24). The van der Waals surface area contributed by atoms with E-state index in [9.17, 15) is 18.0 Å². The van der Waals surface area contributed by atoms with Crippen LogP contribution in [0.5, 0.6) is 0 Å². The van der Waals surface area contributed by atoms with Gasteiger partial charge in [-0.05, 0) is 32.0 Å². The second-order valence-corrected chi connectivity index (χ2v) is 9.16. The molecule has 1 N–H and O–H groups in total. The highest BCUT2D eigenvalue weighted by molar-refractivity contribution is 7.89. The van der Waals surface area contributed by atoms with Crippen molar-refractivity contribution in [3.8, 4) is 0 Å². The molecule has 1 aliphatic heterocycles. The van der Waals surface area contributed by atoms with Crippen LogP contribution in [0.1, 0.15) is 24.2 Å². The van der Waals surface area contributed by atoms with Crippen molar-refractivity contribution in [2.24, 2.45) is 0 Å². The molecule has 0 saturated carbocycles. The minimum absolute atomic E-state index is 0.0382. The number of hydrogen-bond acceptors (Lipinski definition) is 5. The molecule has 1 heterocycles. The molecular weight excluding hydrogens is 368 g/mol. The number of nitrogens with zero attached hydrogens (tertiary/aromatic N) is 3. The molecule has 1 aliphatic rings. The summed E-state index contributed by atoms with van der Waals surface area (Å²) in [5.41, 5.74) is 0.204. The lowest BCUT2D eigenvalue weighted by Gasteiger charge is -2.36. The van der Waals surface area contributed by atoms with E-state index in [4.69, 9.17) is 0 Å². The lowest BCUT2D eigenvalue weighted by Crippen LogP contribution is -2.52. The quantitative estimate of drug-likeness (QED) is 0.743. The van der Waals surface area contributed by atoms with E-state index >= 15 is 0 Å². The van der Waals surface area contributed by atoms with Crippen molar-refractivity contribution in [3.63, 3.8) is 0 Å². The maximum atomic E-state index is 12.3. The fraction of sp³-hybridized carbons (Fsp3) is 0.556. The number of amides is 2. The molecule has 8 nitrogen and oxygen atoms in total. The van der Waals surface area contributed by atoms with Crippen LogP contribution < -0.4 is 5.32 Å². The van der Waals surface area contributed by atoms with Crippen LogP contribution in [0.3, 0.4) is 0 Å². The molecule has 0 radical (unpaired) electrons. The average molecular weight is 397 g/mol. The SMILES string of the molecule is CC(C)N1CCN(C(=O)CNC(=O)c2cccc(S(=O)(=O)N(C)C)c2)CC1. The monoisotopic (exact) mass is 396 g/mol. The highest BCUT2D eigenvalue weighted by Gasteiger charge is 2.23. The molecule has 1 fully saturated rings. The van der Waals surface area contributed by atoms with Gasteiger partial charge < -0.3 is 10.2 Å². The number of rotatable bonds is 6. The zero-order valence-electron chi connectivity index (χ0n) is 16.3. The van der Waals surface area contributed by atoms with Gasteiger partial charge in [0.15, 0.2) is 0 Å². The number of hydrogen-bond donors (Lipinski definition) is 1. The van der Waals surface area contributed by atoms with Crippen molar-refractivity contribution in [2.75, 3.05) is 46.8 Å². The van der Waals surface area contributed by atoms with E-state index in [2.05, 4.69) is 24.1 Å². The summed E-state index contributed by atoms with van der Waals surface area (Å²) in [5, 5.41) is 2.59. The number of nitrogens with one attached hydrogen (secondary N) is 1. The molecule has 1 aromatic carbocycles. The molecule has 0 aliphatic carbocycles. The summed E-state index contributed by atoms with van der Waals surface area (Å²) in [6.07, 6.45) is 0. The predicted molar refractivity (Wildman–Crippen MR) is 103 cm³/mol. The molecule has 9 heteroatoms. The molecule has 27 heavy (non-hydrogen) atoms. The third-order valence-electron chi connectivity index (χ3n) is 4.67. The van der Waals surface area contributed by atoms with E-state index in [1.807, 2.05) is 0 Å². The Bertz CT molecular complexity index is 784. The first-order valence-corrected chi connectivity index (χ1v) is 10.4. The Morgan fingerprint density at radius 2 is 1.78 bits per heavy atom. The highest BCUT2D eigenvalue weighted by atomic mass is 32.2. The second kappa shape index (κ2) is 8.81. The summed E-state index contributed by atoms with van der Waals surface area (Å²) < 4.78 is 25.5. The summed E-state index contributed by atoms with van der Waals surface area (Å²) in [7, 11) is -0.759. The van der Waals surface area contributed by atoms with Crippen molar-refractivity contribution in [1.82, 2.24) is 19.4 Å². The Hall–Kier alpha value is -1.97. The van der Waals surface area contributed by atoms with Gasteiger partial charge in [0.2, 0.25) is 15.9 Å². The van der Waals surface area contributed by atoms with Crippen molar-refractivity contribution >= 4 is 21.8 Å². The molecule has 150 valence electrons. The average Bonchev–Trinajstić information content (AvgIpc) is 2.65. The number of sulfonamides is 1. The molecule has 0 aromatic heterocycles. The van der Waals surface area contributed by atoms with Crippen LogP contribution in [0.15, 0.2) is 29.2 Å². The van der Waals surface area contributed by atoms with Gasteiger partial charge >= 0.3 is 0 Å². The van der Waals surface area contributed by atoms with Crippen LogP contribution in [0.25, 0.3) is 0 Å². The Kier molecular flexibility index (Phi) is 6.96. The van der Waals surface area contributed by atoms with Gasteiger partial charge in [0, 0.05) is 51.9 Å². The molecule has 0 spiro atoms. The normalized spacial score (nSPS) is 16.0. The van der Waals surface area contributed by atoms with Crippen molar-refractivity contribution in [2.45, 2.75) is 24.8 Å². The molecule has 1 aromatic rings. The number of benzene rings is 1. The van der Waals surface area contributed by atoms with Gasteiger partial charge in [-0.3, -0.25) is 14.5 Å². The Balaban J connectivity index is 1.94. The largest absolute Gasteiger partial charge is 0.343 e. The van der Waals surface area contributed by atoms with E-state index in [0.29, 0.717) is 19.1 Å². The van der Waals surface area contributed by atoms with E-state index in [0.717, 1.165) is 17.4 Å². The van der Waals surface area contributed by atoms with Crippen molar-refractivity contribution < 1.29 is 18.0 Å². The third kappa shape index (κ3) is 5.27. The fourth-order valence-corrected chi connectivity index (χ4v) is 3.81. The smallest absolute Gasteiger partial charge is 0.251 e. The van der Waals surface area contributed by atoms with E-state index in [1.165, 1.54) is 38.4 Å². The minimum atomic E-state index is -3.62. The molecule has 2 rings (SSSR count). The maximum absolute atomic E-state index is 12.3. The van der Waals surface area contributed by atoms with Gasteiger partial charge in [0.25, 0.3) is 5.91 Å². The van der Waals surface area contributed by atoms with Crippen LogP contribution in [-0.2, 0) is 14.8 Å². The predicted octanol–water partition coefficient (Wildman–Crippen LogP) is 0.219. The molecular formula is C18H28N4O4S. The van der Waals surface area contributed by atoms with Gasteiger partial charge in [-0.15, -0.1) is 0 Å². The van der Waals surface area contributed by atoms with Crippen LogP contribution in [-0.4, -0.2) is 87.2 Å². The molecule has 2 amide bonds. The van der Waals surface area contributed by atoms with Crippen LogP contribution in [0.2, 0.25) is 0 Å². The van der Waals surface area contributed by atoms with Crippen LogP contribution in [0.4, 0.5) is 0 Å². The van der Waals surface area contributed by atoms with E-state index < -0.39 is 15.9 Å². The zero-order valence-corrected chi connectivity index (χ0v) is 17.1. The van der Waals surface area contributed by atoms with Gasteiger partial charge in [0.05, 0.1) is 11.4 Å². The number of piperazine rings is 1. The zero-order chi connectivity index (χ0) is 20.2. The van der Waals surface area contributed by atoms with Crippen molar-refractivity contribution in [1.29, 1.82) is 0 Å². The lowest BCUT2D eigenvalue weighted by atomic mass is 10.2. The van der Waals surface area contributed by atoms with Gasteiger partial charge in [-0.1, -0.05) is 6.07 Å². The summed E-state index contributed by atoms with van der Waals surface area (Å²) >= 11 is 0. The fourth-order valence-electron chi connectivity index (χ4n) is 2.87. The summed E-state index contributed by atoms with van der Waals surface area (Å²) in [4.78, 5) is 28.7. The van der Waals surface area contributed by atoms with Crippen LogP contribution in [0, 0.1) is 0 Å². The highest BCUT2D eigenvalue weighted by Crippen LogP contribution is 2.15. The molecule has 0 unspecified atom stereocenters. The second-order valence-electron chi connectivity index (χ2n) is 7.01. The molecule has 0 bridgehead atoms. The number of carbonyl (C=O) groups excluding carboxylic acids is 2. The third-order valence-corrected chi connectivity index (χ3v) is 6.48. The maximum Gasteiger partial charge on any atom is 0.251 e. The summed E-state index contributed by atoms with van der Waals surface area (Å²) in [6, 6.07) is 6.24. The Labute approximate surface area is 161 Å². The Morgan fingerprint density at radius 1 is 1.15 bits per heavy atom. The van der Waals surface area contributed by atoms with E-state index in [1.54, 1.807) is 4.90 Å². The first kappa shape index (κ1) is 21.3. The van der Waals surface area contributed by atoms with Crippen molar-refractivity contribution in [3.05, 3.63) is 29.8 Å². The molecule has 0 atom stereocenters. The summed E-state index contributed by atoms with van der Waals surface area (Å²) in [6.45, 7) is 7.08. The van der Waals surface area contributed by atoms with Gasteiger partial charge in [0.1, 0.15) is 0 Å². The minimum Gasteiger partial charge on any atom is -0.343 e. The summed E-state index contributed by atoms with van der Waals surface area (Å²) in [5.74, 6) is -0.608. The van der Waals surface area contributed by atoms with Gasteiger partial charge in [-0.25, -0.2) is 12.7 Å². The van der Waals surface area contributed by atoms with Crippen LogP contribution >= 0.6 is 0 Å². The first-order chi connectivity index (χ1) is 12.6. The van der Waals surface area contributed by atoms with E-state index in [-0.39, 0.29) is 22.9 Å². The first-order valence-electron chi connectivity index (χ1n) is 8.95. The lowest BCUT2D eigenvalue weighted by molar-refractivity contribution is -0.132. The van der Waals surface area contributed by atoms with Gasteiger partial charge in [-0.2, -0.15) is 0 Å².